The molecule has 0 bridgehead atoms. The highest BCUT2D eigenvalue weighted by Gasteiger charge is 2.32. The van der Waals surface area contributed by atoms with Gasteiger partial charge in [0.2, 0.25) is 11.8 Å². The van der Waals surface area contributed by atoms with E-state index in [0.29, 0.717) is 23.7 Å². The molecule has 0 unspecified atom stereocenters. The lowest BCUT2D eigenvalue weighted by Gasteiger charge is -2.32. The predicted molar refractivity (Wildman–Crippen MR) is 156 cm³/mol. The van der Waals surface area contributed by atoms with E-state index in [4.69, 9.17) is 11.6 Å². The van der Waals surface area contributed by atoms with Crippen molar-refractivity contribution in [2.45, 2.75) is 45.1 Å². The van der Waals surface area contributed by atoms with Crippen molar-refractivity contribution in [1.82, 2.24) is 10.2 Å². The maximum atomic E-state index is 13.9. The molecular weight excluding hydrogens is 534 g/mol. The summed E-state index contributed by atoms with van der Waals surface area (Å²) in [4.78, 5) is 28.3. The first-order valence-corrected chi connectivity index (χ1v) is 14.8. The molecule has 0 heterocycles. The van der Waals surface area contributed by atoms with E-state index in [-0.39, 0.29) is 23.3 Å². The average Bonchev–Trinajstić information content (AvgIpc) is 2.91. The van der Waals surface area contributed by atoms with Crippen LogP contribution in [0.3, 0.4) is 0 Å². The fraction of sp³-hybridized carbons (Fsp3) is 0.333. The Bertz CT molecular complexity index is 1350. The number of anilines is 1. The van der Waals surface area contributed by atoms with E-state index in [1.165, 1.54) is 29.2 Å². The molecular formula is C30H36ClN3O4S. The molecule has 208 valence electrons. The van der Waals surface area contributed by atoms with Crippen LogP contribution in [0.2, 0.25) is 5.02 Å². The molecule has 0 saturated heterocycles. The van der Waals surface area contributed by atoms with E-state index in [1.54, 1.807) is 31.2 Å². The number of nitrogens with zero attached hydrogens (tertiary/aromatic N) is 2. The fourth-order valence-corrected chi connectivity index (χ4v) is 5.54. The Kier molecular flexibility index (Phi) is 10.5. The summed E-state index contributed by atoms with van der Waals surface area (Å²) < 4.78 is 28.7. The van der Waals surface area contributed by atoms with Crippen LogP contribution in [0, 0.1) is 12.8 Å². The molecule has 0 radical (unpaired) electrons. The number of aryl methyl sites for hydroxylation is 1. The van der Waals surface area contributed by atoms with Crippen LogP contribution in [0.5, 0.6) is 0 Å². The number of nitrogens with one attached hydrogen (secondary N) is 1. The predicted octanol–water partition coefficient (Wildman–Crippen LogP) is 5.08. The van der Waals surface area contributed by atoms with Gasteiger partial charge in [-0.25, -0.2) is 8.42 Å². The average molecular weight is 570 g/mol. The number of hydrogen-bond acceptors (Lipinski definition) is 4. The van der Waals surface area contributed by atoms with Crippen LogP contribution in [0.25, 0.3) is 0 Å². The summed E-state index contributed by atoms with van der Waals surface area (Å²) in [6.07, 6.45) is 0.517. The molecule has 0 aliphatic rings. The second kappa shape index (κ2) is 13.6. The van der Waals surface area contributed by atoms with Crippen LogP contribution >= 0.6 is 11.6 Å². The van der Waals surface area contributed by atoms with Gasteiger partial charge in [-0.1, -0.05) is 73.5 Å². The van der Waals surface area contributed by atoms with Gasteiger partial charge in [-0.3, -0.25) is 13.9 Å². The van der Waals surface area contributed by atoms with Crippen molar-refractivity contribution < 1.29 is 18.0 Å². The third kappa shape index (κ3) is 8.31. The van der Waals surface area contributed by atoms with E-state index >= 15 is 0 Å². The van der Waals surface area contributed by atoms with Crippen LogP contribution in [0.15, 0.2) is 83.8 Å². The third-order valence-electron chi connectivity index (χ3n) is 6.34. The number of halogens is 1. The molecule has 3 aromatic rings. The van der Waals surface area contributed by atoms with E-state index in [9.17, 15) is 18.0 Å². The minimum Gasteiger partial charge on any atom is -0.354 e. The zero-order valence-corrected chi connectivity index (χ0v) is 24.4. The van der Waals surface area contributed by atoms with Crippen molar-refractivity contribution in [2.24, 2.45) is 5.92 Å². The van der Waals surface area contributed by atoms with E-state index < -0.39 is 28.5 Å². The number of benzene rings is 3. The zero-order chi connectivity index (χ0) is 28.6. The molecule has 7 nitrogen and oxygen atoms in total. The Morgan fingerprint density at radius 1 is 0.897 bits per heavy atom. The van der Waals surface area contributed by atoms with Gasteiger partial charge in [-0.05, 0) is 68.1 Å². The molecule has 9 heteroatoms. The summed E-state index contributed by atoms with van der Waals surface area (Å²) in [5.41, 5.74) is 2.31. The summed E-state index contributed by atoms with van der Waals surface area (Å²) in [7, 11) is -4.12. The molecule has 39 heavy (non-hydrogen) atoms. The number of hydrogen-bond donors (Lipinski definition) is 1. The number of carbonyl (C=O) groups is 2. The fourth-order valence-electron chi connectivity index (χ4n) is 4.00. The summed E-state index contributed by atoms with van der Waals surface area (Å²) in [5, 5.41) is 3.29. The van der Waals surface area contributed by atoms with Crippen LogP contribution in [0.4, 0.5) is 5.69 Å². The van der Waals surface area contributed by atoms with Gasteiger partial charge in [0.15, 0.2) is 0 Å². The van der Waals surface area contributed by atoms with Crippen molar-refractivity contribution in [3.63, 3.8) is 0 Å². The summed E-state index contributed by atoms with van der Waals surface area (Å²) >= 11 is 5.99. The molecule has 2 amide bonds. The smallest absolute Gasteiger partial charge is 0.264 e. The molecule has 0 aliphatic carbocycles. The lowest BCUT2D eigenvalue weighted by molar-refractivity contribution is -0.138. The normalized spacial score (nSPS) is 12.2. The van der Waals surface area contributed by atoms with E-state index in [0.717, 1.165) is 15.4 Å². The molecule has 3 aromatic carbocycles. The van der Waals surface area contributed by atoms with Crippen molar-refractivity contribution in [3.8, 4) is 0 Å². The monoisotopic (exact) mass is 569 g/mol. The van der Waals surface area contributed by atoms with Crippen LogP contribution < -0.4 is 9.62 Å². The van der Waals surface area contributed by atoms with Crippen LogP contribution in [0.1, 0.15) is 31.9 Å². The SMILES string of the molecule is Cc1ccc(N(CC(=O)N(CCc2ccccc2)[C@@H](C)C(=O)NCC(C)C)S(=O)(=O)c2ccc(Cl)cc2)cc1. The van der Waals surface area contributed by atoms with Gasteiger partial charge in [0.25, 0.3) is 10.0 Å². The highest BCUT2D eigenvalue weighted by molar-refractivity contribution is 7.92. The molecule has 1 N–H and O–H groups in total. The minimum absolute atomic E-state index is 0.0128. The van der Waals surface area contributed by atoms with Gasteiger partial charge in [-0.2, -0.15) is 0 Å². The maximum absolute atomic E-state index is 13.9. The highest BCUT2D eigenvalue weighted by Crippen LogP contribution is 2.25. The first-order valence-electron chi connectivity index (χ1n) is 12.9. The Hall–Kier alpha value is -3.36. The summed E-state index contributed by atoms with van der Waals surface area (Å²) in [6, 6.07) is 21.6. The van der Waals surface area contributed by atoms with Gasteiger partial charge in [0.1, 0.15) is 12.6 Å². The Balaban J connectivity index is 1.95. The zero-order valence-electron chi connectivity index (χ0n) is 22.8. The first kappa shape index (κ1) is 30.2. The number of sulfonamides is 1. The maximum Gasteiger partial charge on any atom is 0.264 e. The molecule has 0 fully saturated rings. The second-order valence-electron chi connectivity index (χ2n) is 9.94. The molecule has 0 spiro atoms. The lowest BCUT2D eigenvalue weighted by Crippen LogP contribution is -2.52. The largest absolute Gasteiger partial charge is 0.354 e. The minimum atomic E-state index is -4.12. The third-order valence-corrected chi connectivity index (χ3v) is 8.38. The molecule has 0 saturated carbocycles. The van der Waals surface area contributed by atoms with Gasteiger partial charge in [-0.15, -0.1) is 0 Å². The number of amides is 2. The van der Waals surface area contributed by atoms with Gasteiger partial charge in [0, 0.05) is 18.1 Å². The Morgan fingerprint density at radius 3 is 2.10 bits per heavy atom. The topological polar surface area (TPSA) is 86.8 Å². The number of carbonyl (C=O) groups excluding carboxylic acids is 2. The quantitative estimate of drug-likeness (QED) is 0.330. The van der Waals surface area contributed by atoms with Crippen molar-refractivity contribution in [2.75, 3.05) is 23.9 Å². The van der Waals surface area contributed by atoms with E-state index in [2.05, 4.69) is 5.32 Å². The highest BCUT2D eigenvalue weighted by atomic mass is 35.5. The molecule has 1 atom stereocenters. The lowest BCUT2D eigenvalue weighted by atomic mass is 10.1. The Labute approximate surface area is 236 Å². The molecule has 0 aromatic heterocycles. The summed E-state index contributed by atoms with van der Waals surface area (Å²) in [6.45, 7) is 7.81. The first-order chi connectivity index (χ1) is 18.5. The number of rotatable bonds is 12. The van der Waals surface area contributed by atoms with Crippen molar-refractivity contribution in [3.05, 3.63) is 95.0 Å². The van der Waals surface area contributed by atoms with Crippen molar-refractivity contribution >= 4 is 39.1 Å². The Morgan fingerprint density at radius 2 is 1.51 bits per heavy atom. The standard InChI is InChI=1S/C30H36ClN3O4S/c1-22(2)20-32-30(36)24(4)33(19-18-25-8-6-5-7-9-25)29(35)21-34(27-14-10-23(3)11-15-27)39(37,38)28-16-12-26(31)13-17-28/h5-17,22,24H,18-21H2,1-4H3,(H,32,36)/t24-/m0/s1. The molecule has 3 rings (SSSR count). The van der Waals surface area contributed by atoms with Crippen molar-refractivity contribution in [1.29, 1.82) is 0 Å². The summed E-state index contributed by atoms with van der Waals surface area (Å²) in [5.74, 6) is -0.514. The van der Waals surface area contributed by atoms with Gasteiger partial charge < -0.3 is 10.2 Å². The van der Waals surface area contributed by atoms with Gasteiger partial charge >= 0.3 is 0 Å². The van der Waals surface area contributed by atoms with Crippen LogP contribution in [-0.4, -0.2) is 50.8 Å². The second-order valence-corrected chi connectivity index (χ2v) is 12.2. The van der Waals surface area contributed by atoms with E-state index in [1.807, 2.05) is 51.1 Å². The van der Waals surface area contributed by atoms with Gasteiger partial charge in [0.05, 0.1) is 10.6 Å². The molecule has 0 aliphatic heterocycles. The van der Waals surface area contributed by atoms with Crippen LogP contribution in [-0.2, 0) is 26.0 Å².